The van der Waals surface area contributed by atoms with E-state index in [-0.39, 0.29) is 18.3 Å². The zero-order chi connectivity index (χ0) is 9.10. The molecule has 1 N–H and O–H groups in total. The quantitative estimate of drug-likeness (QED) is 0.799. The summed E-state index contributed by atoms with van der Waals surface area (Å²) in [7, 11) is 0. The number of para-hydroxylation sites is 1. The molecule has 2 rings (SSSR count). The lowest BCUT2D eigenvalue weighted by molar-refractivity contribution is -0.116. The number of aliphatic imine (C=N–C) groups is 1. The van der Waals surface area contributed by atoms with Gasteiger partial charge in [-0.05, 0) is 12.1 Å². The van der Waals surface area contributed by atoms with Gasteiger partial charge in [0.25, 0.3) is 0 Å². The summed E-state index contributed by atoms with van der Waals surface area (Å²) in [6.45, 7) is 0. The molecule has 5 heteroatoms. The van der Waals surface area contributed by atoms with Gasteiger partial charge in [-0.25, -0.2) is 4.99 Å². The van der Waals surface area contributed by atoms with Crippen molar-refractivity contribution in [3.8, 4) is 0 Å². The minimum absolute atomic E-state index is 0. The van der Waals surface area contributed by atoms with E-state index in [1.54, 1.807) is 0 Å². The van der Waals surface area contributed by atoms with Gasteiger partial charge in [0.1, 0.15) is 0 Å². The van der Waals surface area contributed by atoms with Crippen LogP contribution in [0, 0.1) is 0 Å². The average Bonchev–Trinajstić information content (AvgIpc) is 2.53. The summed E-state index contributed by atoms with van der Waals surface area (Å²) in [4.78, 5) is 15.1. The molecule has 1 fully saturated rings. The van der Waals surface area contributed by atoms with Gasteiger partial charge in [0.15, 0.2) is 5.17 Å². The Bertz CT molecular complexity index is 353. The molecule has 0 aliphatic carbocycles. The maximum Gasteiger partial charge on any atom is 0.236 e. The van der Waals surface area contributed by atoms with Crippen LogP contribution < -0.4 is 5.32 Å². The van der Waals surface area contributed by atoms with Crippen LogP contribution in [-0.4, -0.2) is 16.8 Å². The Kier molecular flexibility index (Phi) is 3.98. The molecule has 1 aromatic carbocycles. The molecule has 1 aromatic rings. The summed E-state index contributed by atoms with van der Waals surface area (Å²) in [6.07, 6.45) is 0. The van der Waals surface area contributed by atoms with Crippen LogP contribution in [0.1, 0.15) is 0 Å². The summed E-state index contributed by atoms with van der Waals surface area (Å²) < 4.78 is 0. The van der Waals surface area contributed by atoms with Gasteiger partial charge in [-0.3, -0.25) is 4.79 Å². The SMILES string of the molecule is Cl.O=C1CSC(=Nc2ccccc2)N1. The number of thioether (sulfide) groups is 1. The topological polar surface area (TPSA) is 41.5 Å². The minimum Gasteiger partial charge on any atom is -0.304 e. The van der Waals surface area contributed by atoms with Crippen LogP contribution in [0.4, 0.5) is 5.69 Å². The molecule has 0 spiro atoms. The van der Waals surface area contributed by atoms with Gasteiger partial charge in [-0.2, -0.15) is 0 Å². The molecular formula is C9H9ClN2OS. The van der Waals surface area contributed by atoms with Crippen LogP contribution in [0.25, 0.3) is 0 Å². The van der Waals surface area contributed by atoms with Crippen molar-refractivity contribution < 1.29 is 4.79 Å². The molecule has 0 aromatic heterocycles. The number of hydrogen-bond acceptors (Lipinski definition) is 3. The standard InChI is InChI=1S/C9H8N2OS.ClH/c12-8-6-13-9(11-8)10-7-4-2-1-3-5-7;/h1-5H,6H2,(H,10,11,12);1H. The lowest BCUT2D eigenvalue weighted by atomic mass is 10.3. The van der Waals surface area contributed by atoms with E-state index in [4.69, 9.17) is 0 Å². The lowest BCUT2D eigenvalue weighted by Gasteiger charge is -1.94. The fraction of sp³-hybridized carbons (Fsp3) is 0.111. The van der Waals surface area contributed by atoms with Crippen LogP contribution in [0.2, 0.25) is 0 Å². The highest BCUT2D eigenvalue weighted by atomic mass is 35.5. The zero-order valence-electron chi connectivity index (χ0n) is 7.27. The first-order valence-electron chi connectivity index (χ1n) is 3.91. The Hall–Kier alpha value is -1.00. The highest BCUT2D eigenvalue weighted by Crippen LogP contribution is 2.16. The van der Waals surface area contributed by atoms with Gasteiger partial charge in [0.2, 0.25) is 5.91 Å². The molecule has 0 saturated carbocycles. The Morgan fingerprint density at radius 1 is 1.29 bits per heavy atom. The molecule has 0 unspecified atom stereocenters. The van der Waals surface area contributed by atoms with E-state index in [0.717, 1.165) is 5.69 Å². The first-order chi connectivity index (χ1) is 6.34. The van der Waals surface area contributed by atoms with Crippen molar-refractivity contribution in [2.75, 3.05) is 5.75 Å². The summed E-state index contributed by atoms with van der Waals surface area (Å²) >= 11 is 1.43. The normalized spacial score (nSPS) is 17.7. The minimum atomic E-state index is 0. The Morgan fingerprint density at radius 3 is 2.57 bits per heavy atom. The first kappa shape index (κ1) is 11.1. The third-order valence-electron chi connectivity index (χ3n) is 1.57. The maximum atomic E-state index is 10.8. The van der Waals surface area contributed by atoms with Crippen molar-refractivity contribution in [3.05, 3.63) is 30.3 Å². The molecule has 3 nitrogen and oxygen atoms in total. The molecule has 14 heavy (non-hydrogen) atoms. The molecule has 1 saturated heterocycles. The van der Waals surface area contributed by atoms with Gasteiger partial charge in [-0.1, -0.05) is 30.0 Å². The molecule has 0 bridgehead atoms. The fourth-order valence-corrected chi connectivity index (χ4v) is 1.70. The van der Waals surface area contributed by atoms with Crippen LogP contribution in [0.5, 0.6) is 0 Å². The molecular weight excluding hydrogens is 220 g/mol. The number of rotatable bonds is 1. The summed E-state index contributed by atoms with van der Waals surface area (Å²) in [5, 5.41) is 3.37. The first-order valence-corrected chi connectivity index (χ1v) is 4.89. The van der Waals surface area contributed by atoms with Crippen molar-refractivity contribution in [2.24, 2.45) is 4.99 Å². The van der Waals surface area contributed by atoms with E-state index in [1.165, 1.54) is 11.8 Å². The molecule has 0 atom stereocenters. The molecule has 1 aliphatic rings. The van der Waals surface area contributed by atoms with Crippen molar-refractivity contribution in [3.63, 3.8) is 0 Å². The predicted molar refractivity (Wildman–Crippen MR) is 61.4 cm³/mol. The van der Waals surface area contributed by atoms with Crippen LogP contribution in [0.3, 0.4) is 0 Å². The highest BCUT2D eigenvalue weighted by molar-refractivity contribution is 8.15. The van der Waals surface area contributed by atoms with E-state index in [9.17, 15) is 4.79 Å². The number of amides is 1. The number of carbonyl (C=O) groups is 1. The van der Waals surface area contributed by atoms with Crippen molar-refractivity contribution in [1.29, 1.82) is 0 Å². The van der Waals surface area contributed by atoms with Crippen LogP contribution in [-0.2, 0) is 4.79 Å². The largest absolute Gasteiger partial charge is 0.304 e. The van der Waals surface area contributed by atoms with E-state index in [0.29, 0.717) is 10.9 Å². The predicted octanol–water partition coefficient (Wildman–Crippen LogP) is 1.96. The number of benzene rings is 1. The van der Waals surface area contributed by atoms with E-state index in [2.05, 4.69) is 10.3 Å². The maximum absolute atomic E-state index is 10.8. The fourth-order valence-electron chi connectivity index (χ4n) is 1.01. The molecule has 1 aliphatic heterocycles. The van der Waals surface area contributed by atoms with Crippen molar-refractivity contribution >= 4 is 40.9 Å². The number of amidine groups is 1. The summed E-state index contributed by atoms with van der Waals surface area (Å²) in [5.74, 6) is 0.505. The van der Waals surface area contributed by atoms with Crippen molar-refractivity contribution in [1.82, 2.24) is 5.32 Å². The van der Waals surface area contributed by atoms with Gasteiger partial charge in [0.05, 0.1) is 11.4 Å². The Morgan fingerprint density at radius 2 is 2.00 bits per heavy atom. The average molecular weight is 229 g/mol. The third kappa shape index (κ3) is 2.75. The van der Waals surface area contributed by atoms with E-state index >= 15 is 0 Å². The highest BCUT2D eigenvalue weighted by Gasteiger charge is 2.15. The van der Waals surface area contributed by atoms with Gasteiger partial charge >= 0.3 is 0 Å². The van der Waals surface area contributed by atoms with Gasteiger partial charge < -0.3 is 5.32 Å². The second-order valence-corrected chi connectivity index (χ2v) is 3.55. The smallest absolute Gasteiger partial charge is 0.236 e. The molecule has 74 valence electrons. The monoisotopic (exact) mass is 228 g/mol. The number of nitrogens with one attached hydrogen (secondary N) is 1. The summed E-state index contributed by atoms with van der Waals surface area (Å²) in [6, 6.07) is 9.57. The van der Waals surface area contributed by atoms with Crippen LogP contribution >= 0.6 is 24.2 Å². The lowest BCUT2D eigenvalue weighted by Crippen LogP contribution is -2.19. The second-order valence-electron chi connectivity index (χ2n) is 2.59. The van der Waals surface area contributed by atoms with Crippen LogP contribution in [0.15, 0.2) is 35.3 Å². The summed E-state index contributed by atoms with van der Waals surface area (Å²) in [5.41, 5.74) is 0.868. The number of hydrogen-bond donors (Lipinski definition) is 1. The van der Waals surface area contributed by atoms with Gasteiger partial charge in [0, 0.05) is 0 Å². The molecule has 0 radical (unpaired) electrons. The third-order valence-corrected chi connectivity index (χ3v) is 2.45. The van der Waals surface area contributed by atoms with E-state index < -0.39 is 0 Å². The number of carbonyl (C=O) groups excluding carboxylic acids is 1. The second kappa shape index (κ2) is 5.02. The Balaban J connectivity index is 0.000000980. The van der Waals surface area contributed by atoms with E-state index in [1.807, 2.05) is 30.3 Å². The molecule has 1 heterocycles. The van der Waals surface area contributed by atoms with Gasteiger partial charge in [-0.15, -0.1) is 12.4 Å². The number of halogens is 1. The zero-order valence-corrected chi connectivity index (χ0v) is 8.90. The Labute approximate surface area is 92.4 Å². The van der Waals surface area contributed by atoms with Crippen molar-refractivity contribution in [2.45, 2.75) is 0 Å². The molecule has 1 amide bonds. The number of nitrogens with zero attached hydrogens (tertiary/aromatic N) is 1.